The van der Waals surface area contributed by atoms with Crippen molar-refractivity contribution in [1.29, 1.82) is 0 Å². The van der Waals surface area contributed by atoms with Crippen LogP contribution in [0.5, 0.6) is 0 Å². The molecule has 0 saturated heterocycles. The first-order valence-corrected chi connectivity index (χ1v) is 9.49. The summed E-state index contributed by atoms with van der Waals surface area (Å²) < 4.78 is 40.9. The number of aromatic nitrogens is 4. The van der Waals surface area contributed by atoms with Gasteiger partial charge >= 0.3 is 6.18 Å². The van der Waals surface area contributed by atoms with Crippen LogP contribution >= 0.6 is 23.2 Å². The molecular weight excluding hydrogens is 440 g/mol. The second kappa shape index (κ2) is 7.45. The van der Waals surface area contributed by atoms with Crippen molar-refractivity contribution in [2.45, 2.75) is 19.6 Å². The van der Waals surface area contributed by atoms with Gasteiger partial charge in [-0.1, -0.05) is 47.5 Å². The standard InChI is InChI=1S/C20H13Cl2F3N4O/c1-11-26-16-17(19(30)28(11)10-20(23,24)25)27-29(15-5-3-2-4-14(15)22)18(16)12-6-8-13(21)9-7-12/h2-9H,10H2,1H3. The minimum atomic E-state index is -4.58. The number of hydrogen-bond donors (Lipinski definition) is 0. The minimum absolute atomic E-state index is 0.0706. The van der Waals surface area contributed by atoms with Gasteiger partial charge in [0.2, 0.25) is 0 Å². The van der Waals surface area contributed by atoms with Crippen molar-refractivity contribution in [3.8, 4) is 16.9 Å². The lowest BCUT2D eigenvalue weighted by atomic mass is 10.1. The van der Waals surface area contributed by atoms with Crippen molar-refractivity contribution in [2.75, 3.05) is 0 Å². The third kappa shape index (κ3) is 3.68. The fourth-order valence-electron chi connectivity index (χ4n) is 3.19. The summed E-state index contributed by atoms with van der Waals surface area (Å²) in [5.74, 6) is -0.0706. The van der Waals surface area contributed by atoms with Gasteiger partial charge in [-0.05, 0) is 31.2 Å². The Morgan fingerprint density at radius 1 is 1.00 bits per heavy atom. The molecule has 0 atom stereocenters. The van der Waals surface area contributed by atoms with Crippen LogP contribution in [-0.4, -0.2) is 25.5 Å². The van der Waals surface area contributed by atoms with Crippen LogP contribution in [0.25, 0.3) is 28.0 Å². The van der Waals surface area contributed by atoms with E-state index in [2.05, 4.69) is 10.1 Å². The van der Waals surface area contributed by atoms with Gasteiger partial charge in [-0.2, -0.15) is 18.3 Å². The normalized spacial score (nSPS) is 11.9. The molecule has 5 nitrogen and oxygen atoms in total. The summed E-state index contributed by atoms with van der Waals surface area (Å²) in [5, 5.41) is 5.17. The fraction of sp³-hybridized carbons (Fsp3) is 0.150. The van der Waals surface area contributed by atoms with E-state index in [9.17, 15) is 18.0 Å². The molecule has 0 amide bonds. The van der Waals surface area contributed by atoms with E-state index in [1.54, 1.807) is 48.5 Å². The number of para-hydroxylation sites is 1. The number of alkyl halides is 3. The van der Waals surface area contributed by atoms with Gasteiger partial charge in [0.05, 0.1) is 10.7 Å². The molecule has 0 fully saturated rings. The molecule has 30 heavy (non-hydrogen) atoms. The minimum Gasteiger partial charge on any atom is -0.286 e. The summed E-state index contributed by atoms with van der Waals surface area (Å²) in [6, 6.07) is 13.5. The van der Waals surface area contributed by atoms with E-state index in [0.717, 1.165) is 0 Å². The number of nitrogens with zero attached hydrogens (tertiary/aromatic N) is 4. The van der Waals surface area contributed by atoms with Crippen LogP contribution in [0.4, 0.5) is 13.2 Å². The number of benzene rings is 2. The summed E-state index contributed by atoms with van der Waals surface area (Å²) in [6.07, 6.45) is -4.58. The second-order valence-electron chi connectivity index (χ2n) is 6.58. The van der Waals surface area contributed by atoms with Crippen molar-refractivity contribution in [1.82, 2.24) is 19.3 Å². The van der Waals surface area contributed by atoms with Crippen molar-refractivity contribution >= 4 is 34.2 Å². The van der Waals surface area contributed by atoms with E-state index in [4.69, 9.17) is 23.2 Å². The molecule has 4 rings (SSSR count). The van der Waals surface area contributed by atoms with Crippen molar-refractivity contribution < 1.29 is 13.2 Å². The van der Waals surface area contributed by atoms with Gasteiger partial charge in [0.15, 0.2) is 5.52 Å². The lowest BCUT2D eigenvalue weighted by Crippen LogP contribution is -2.30. The SMILES string of the molecule is Cc1nc2c(-c3ccc(Cl)cc3)n(-c3ccccc3Cl)nc2c(=O)n1CC(F)(F)F. The molecule has 2 aromatic heterocycles. The number of rotatable bonds is 3. The molecule has 10 heteroatoms. The van der Waals surface area contributed by atoms with Gasteiger partial charge < -0.3 is 0 Å². The van der Waals surface area contributed by atoms with Crippen molar-refractivity contribution in [3.63, 3.8) is 0 Å². The van der Waals surface area contributed by atoms with Gasteiger partial charge in [0, 0.05) is 10.6 Å². The number of halogens is 5. The van der Waals surface area contributed by atoms with E-state index in [-0.39, 0.29) is 16.9 Å². The zero-order valence-corrected chi connectivity index (χ0v) is 16.9. The molecule has 0 aliphatic heterocycles. The number of hydrogen-bond acceptors (Lipinski definition) is 3. The Morgan fingerprint density at radius 3 is 2.30 bits per heavy atom. The summed E-state index contributed by atoms with van der Waals surface area (Å²) in [4.78, 5) is 17.2. The van der Waals surface area contributed by atoms with Crippen LogP contribution < -0.4 is 5.56 Å². The smallest absolute Gasteiger partial charge is 0.286 e. The molecule has 0 saturated carbocycles. The summed E-state index contributed by atoms with van der Waals surface area (Å²) >= 11 is 12.3. The zero-order chi connectivity index (χ0) is 21.6. The summed E-state index contributed by atoms with van der Waals surface area (Å²) in [5.41, 5.74) is 0.626. The highest BCUT2D eigenvalue weighted by Crippen LogP contribution is 2.32. The molecule has 154 valence electrons. The van der Waals surface area contributed by atoms with Crippen molar-refractivity contribution in [3.05, 3.63) is 74.8 Å². The van der Waals surface area contributed by atoms with E-state index in [0.29, 0.717) is 31.6 Å². The molecule has 0 aliphatic rings. The molecular formula is C20H13Cl2F3N4O. The Balaban J connectivity index is 2.08. The Kier molecular flexibility index (Phi) is 5.07. The van der Waals surface area contributed by atoms with Gasteiger partial charge in [0.1, 0.15) is 23.6 Å². The molecule has 0 N–H and O–H groups in total. The Morgan fingerprint density at radius 2 is 1.67 bits per heavy atom. The predicted octanol–water partition coefficient (Wildman–Crippen LogP) is 5.43. The van der Waals surface area contributed by atoms with Gasteiger partial charge in [-0.15, -0.1) is 0 Å². The summed E-state index contributed by atoms with van der Waals surface area (Å²) in [6.45, 7) is -0.0963. The molecule has 4 aromatic rings. The molecule has 0 radical (unpaired) electrons. The maximum Gasteiger partial charge on any atom is 0.406 e. The maximum absolute atomic E-state index is 13.0. The Labute approximate surface area is 178 Å². The highest BCUT2D eigenvalue weighted by atomic mass is 35.5. The van der Waals surface area contributed by atoms with Crippen molar-refractivity contribution in [2.24, 2.45) is 0 Å². The molecule has 0 unspecified atom stereocenters. The van der Waals surface area contributed by atoms with Crippen LogP contribution in [0, 0.1) is 6.92 Å². The molecule has 0 bridgehead atoms. The van der Waals surface area contributed by atoms with Crippen LogP contribution in [-0.2, 0) is 6.54 Å². The lowest BCUT2D eigenvalue weighted by molar-refractivity contribution is -0.141. The number of fused-ring (bicyclic) bond motifs is 1. The van der Waals surface area contributed by atoms with Gasteiger partial charge in [-0.3, -0.25) is 9.36 Å². The molecule has 2 heterocycles. The van der Waals surface area contributed by atoms with Crippen LogP contribution in [0.2, 0.25) is 10.0 Å². The first kappa shape index (κ1) is 20.4. The second-order valence-corrected chi connectivity index (χ2v) is 7.43. The van der Waals surface area contributed by atoms with E-state index >= 15 is 0 Å². The Bertz CT molecular complexity index is 1310. The van der Waals surface area contributed by atoms with E-state index in [1.165, 1.54) is 11.6 Å². The van der Waals surface area contributed by atoms with Gasteiger partial charge in [0.25, 0.3) is 5.56 Å². The quantitative estimate of drug-likeness (QED) is 0.416. The molecule has 0 spiro atoms. The highest BCUT2D eigenvalue weighted by Gasteiger charge is 2.31. The third-order valence-electron chi connectivity index (χ3n) is 4.51. The lowest BCUT2D eigenvalue weighted by Gasteiger charge is -2.12. The third-order valence-corrected chi connectivity index (χ3v) is 5.08. The largest absolute Gasteiger partial charge is 0.406 e. The Hall–Kier alpha value is -2.84. The average molecular weight is 453 g/mol. The molecule has 0 aliphatic carbocycles. The maximum atomic E-state index is 13.0. The first-order valence-electron chi connectivity index (χ1n) is 8.73. The van der Waals surface area contributed by atoms with Crippen LogP contribution in [0.1, 0.15) is 5.82 Å². The molecule has 2 aromatic carbocycles. The predicted molar refractivity (Wildman–Crippen MR) is 109 cm³/mol. The summed E-state index contributed by atoms with van der Waals surface area (Å²) in [7, 11) is 0. The monoisotopic (exact) mass is 452 g/mol. The van der Waals surface area contributed by atoms with Crippen LogP contribution in [0.15, 0.2) is 53.3 Å². The number of aryl methyl sites for hydroxylation is 1. The first-order chi connectivity index (χ1) is 14.2. The van der Waals surface area contributed by atoms with Gasteiger partial charge in [-0.25, -0.2) is 9.67 Å². The zero-order valence-electron chi connectivity index (χ0n) is 15.4. The topological polar surface area (TPSA) is 52.7 Å². The van der Waals surface area contributed by atoms with E-state index in [1.807, 2.05) is 0 Å². The van der Waals surface area contributed by atoms with Crippen LogP contribution in [0.3, 0.4) is 0 Å². The highest BCUT2D eigenvalue weighted by molar-refractivity contribution is 6.32. The average Bonchev–Trinajstić information content (AvgIpc) is 3.04. The fourth-order valence-corrected chi connectivity index (χ4v) is 3.53. The van der Waals surface area contributed by atoms with E-state index < -0.39 is 18.3 Å².